The number of carboxylic acids is 1. The van der Waals surface area contributed by atoms with E-state index in [2.05, 4.69) is 24.3 Å². The minimum absolute atomic E-state index is 0.393. The van der Waals surface area contributed by atoms with E-state index in [9.17, 15) is 9.90 Å². The first-order valence-corrected chi connectivity index (χ1v) is 7.51. The molecule has 0 heterocycles. The van der Waals surface area contributed by atoms with Gasteiger partial charge >= 0.3 is 5.97 Å². The Labute approximate surface area is 125 Å². The van der Waals surface area contributed by atoms with E-state index in [4.69, 9.17) is 0 Å². The van der Waals surface area contributed by atoms with Crippen LogP contribution in [0.5, 0.6) is 0 Å². The first-order valence-electron chi connectivity index (χ1n) is 7.51. The van der Waals surface area contributed by atoms with Crippen molar-refractivity contribution in [2.45, 2.75) is 39.0 Å². The lowest BCUT2D eigenvalue weighted by atomic mass is 9.79. The molecule has 3 rings (SSSR count). The van der Waals surface area contributed by atoms with E-state index in [-0.39, 0.29) is 0 Å². The molecule has 1 aliphatic carbocycles. The molecular formula is C19H20O2. The van der Waals surface area contributed by atoms with Gasteiger partial charge in [-0.25, -0.2) is 4.79 Å². The average Bonchev–Trinajstić information content (AvgIpc) is 2.36. The number of carboxylic acid groups (broad SMARTS) is 1. The number of aryl methyl sites for hydroxylation is 2. The molecule has 108 valence electrons. The van der Waals surface area contributed by atoms with Crippen LogP contribution in [-0.4, -0.2) is 11.1 Å². The van der Waals surface area contributed by atoms with Gasteiger partial charge in [0.15, 0.2) is 0 Å². The van der Waals surface area contributed by atoms with Crippen molar-refractivity contribution in [3.8, 4) is 11.1 Å². The Morgan fingerprint density at radius 3 is 2.48 bits per heavy atom. The lowest BCUT2D eigenvalue weighted by Crippen LogP contribution is -2.08. The van der Waals surface area contributed by atoms with E-state index >= 15 is 0 Å². The topological polar surface area (TPSA) is 37.3 Å². The van der Waals surface area contributed by atoms with Gasteiger partial charge in [0.1, 0.15) is 0 Å². The molecule has 1 saturated carbocycles. The van der Waals surface area contributed by atoms with Gasteiger partial charge in [0.05, 0.1) is 5.56 Å². The summed E-state index contributed by atoms with van der Waals surface area (Å²) in [4.78, 5) is 11.3. The molecule has 2 heteroatoms. The first kappa shape index (κ1) is 13.9. The zero-order valence-electron chi connectivity index (χ0n) is 12.5. The van der Waals surface area contributed by atoms with Crippen molar-refractivity contribution in [3.63, 3.8) is 0 Å². The number of carbonyl (C=O) groups is 1. The van der Waals surface area contributed by atoms with Crippen LogP contribution in [0.1, 0.15) is 52.2 Å². The average molecular weight is 280 g/mol. The Bertz CT molecular complexity index is 697. The molecule has 0 radical (unpaired) electrons. The summed E-state index contributed by atoms with van der Waals surface area (Å²) in [6.07, 6.45) is 3.87. The quantitative estimate of drug-likeness (QED) is 0.865. The van der Waals surface area contributed by atoms with Gasteiger partial charge in [0, 0.05) is 0 Å². The monoisotopic (exact) mass is 280 g/mol. The Kier molecular flexibility index (Phi) is 3.54. The van der Waals surface area contributed by atoms with Gasteiger partial charge in [-0.15, -0.1) is 0 Å². The molecule has 2 aromatic carbocycles. The van der Waals surface area contributed by atoms with E-state index < -0.39 is 5.97 Å². The van der Waals surface area contributed by atoms with Crippen molar-refractivity contribution in [1.29, 1.82) is 0 Å². The maximum atomic E-state index is 11.3. The van der Waals surface area contributed by atoms with Crippen LogP contribution in [0.3, 0.4) is 0 Å². The molecule has 1 fully saturated rings. The highest BCUT2D eigenvalue weighted by Gasteiger charge is 2.20. The van der Waals surface area contributed by atoms with E-state index in [1.54, 1.807) is 0 Å². The van der Waals surface area contributed by atoms with Crippen LogP contribution < -0.4 is 0 Å². The summed E-state index contributed by atoms with van der Waals surface area (Å²) in [6, 6.07) is 12.4. The van der Waals surface area contributed by atoms with Crippen LogP contribution in [0, 0.1) is 13.8 Å². The highest BCUT2D eigenvalue weighted by atomic mass is 16.4. The normalized spacial score (nSPS) is 14.8. The highest BCUT2D eigenvalue weighted by molar-refractivity contribution is 5.91. The SMILES string of the molecule is Cc1cc(C)c(-c2cccc(C3CCC3)c2)cc1C(=O)O. The van der Waals surface area contributed by atoms with Crippen molar-refractivity contribution < 1.29 is 9.90 Å². The lowest BCUT2D eigenvalue weighted by Gasteiger charge is -2.26. The van der Waals surface area contributed by atoms with E-state index in [1.807, 2.05) is 26.0 Å². The maximum absolute atomic E-state index is 11.3. The van der Waals surface area contributed by atoms with Crippen LogP contribution in [0.15, 0.2) is 36.4 Å². The maximum Gasteiger partial charge on any atom is 0.335 e. The van der Waals surface area contributed by atoms with Crippen LogP contribution in [0.4, 0.5) is 0 Å². The molecule has 0 atom stereocenters. The van der Waals surface area contributed by atoms with E-state index in [0.29, 0.717) is 11.5 Å². The van der Waals surface area contributed by atoms with E-state index in [0.717, 1.165) is 22.3 Å². The molecule has 0 spiro atoms. The number of benzene rings is 2. The standard InChI is InChI=1S/C19H20O2/c1-12-9-13(2)18(19(20)21)11-17(12)16-8-4-7-15(10-16)14-5-3-6-14/h4,7-11,14H,3,5-6H2,1-2H3,(H,20,21). The molecule has 0 bridgehead atoms. The fraction of sp³-hybridized carbons (Fsp3) is 0.316. The number of aromatic carboxylic acids is 1. The van der Waals surface area contributed by atoms with Gasteiger partial charge in [0.25, 0.3) is 0 Å². The molecular weight excluding hydrogens is 260 g/mol. The third-order valence-corrected chi connectivity index (χ3v) is 4.58. The van der Waals surface area contributed by atoms with Gasteiger partial charge in [-0.3, -0.25) is 0 Å². The summed E-state index contributed by atoms with van der Waals surface area (Å²) >= 11 is 0. The minimum Gasteiger partial charge on any atom is -0.478 e. The van der Waals surface area contributed by atoms with Crippen molar-refractivity contribution in [2.75, 3.05) is 0 Å². The zero-order valence-corrected chi connectivity index (χ0v) is 12.5. The Balaban J connectivity index is 2.07. The second kappa shape index (κ2) is 5.36. The molecule has 0 saturated heterocycles. The minimum atomic E-state index is -0.858. The zero-order chi connectivity index (χ0) is 15.0. The van der Waals surface area contributed by atoms with Crippen LogP contribution in [-0.2, 0) is 0 Å². The fourth-order valence-corrected chi connectivity index (χ4v) is 3.10. The number of hydrogen-bond donors (Lipinski definition) is 1. The number of rotatable bonds is 3. The third kappa shape index (κ3) is 2.58. The van der Waals surface area contributed by atoms with Crippen molar-refractivity contribution >= 4 is 5.97 Å². The predicted octanol–water partition coefficient (Wildman–Crippen LogP) is 4.94. The fourth-order valence-electron chi connectivity index (χ4n) is 3.10. The van der Waals surface area contributed by atoms with Crippen molar-refractivity contribution in [1.82, 2.24) is 0 Å². The first-order chi connectivity index (χ1) is 10.1. The molecule has 21 heavy (non-hydrogen) atoms. The predicted molar refractivity (Wildman–Crippen MR) is 84.9 cm³/mol. The Morgan fingerprint density at radius 2 is 1.86 bits per heavy atom. The van der Waals surface area contributed by atoms with Gasteiger partial charge in [-0.1, -0.05) is 36.8 Å². The Morgan fingerprint density at radius 1 is 1.10 bits per heavy atom. The van der Waals surface area contributed by atoms with E-state index in [1.165, 1.54) is 24.8 Å². The van der Waals surface area contributed by atoms with Gasteiger partial charge in [-0.05, 0) is 66.5 Å². The molecule has 2 nitrogen and oxygen atoms in total. The summed E-state index contributed by atoms with van der Waals surface area (Å²) in [5.74, 6) is -0.168. The lowest BCUT2D eigenvalue weighted by molar-refractivity contribution is 0.0696. The highest BCUT2D eigenvalue weighted by Crippen LogP contribution is 2.38. The summed E-state index contributed by atoms with van der Waals surface area (Å²) in [6.45, 7) is 3.90. The summed E-state index contributed by atoms with van der Waals surface area (Å²) in [5.41, 5.74) is 5.88. The molecule has 2 aromatic rings. The van der Waals surface area contributed by atoms with Crippen LogP contribution in [0.2, 0.25) is 0 Å². The molecule has 0 unspecified atom stereocenters. The van der Waals surface area contributed by atoms with Gasteiger partial charge < -0.3 is 5.11 Å². The second-order valence-corrected chi connectivity index (χ2v) is 6.04. The molecule has 0 aliphatic heterocycles. The summed E-state index contributed by atoms with van der Waals surface area (Å²) < 4.78 is 0. The van der Waals surface area contributed by atoms with Crippen LogP contribution >= 0.6 is 0 Å². The second-order valence-electron chi connectivity index (χ2n) is 6.04. The molecule has 1 aliphatic rings. The summed E-state index contributed by atoms with van der Waals surface area (Å²) in [5, 5.41) is 9.32. The largest absolute Gasteiger partial charge is 0.478 e. The van der Waals surface area contributed by atoms with Crippen molar-refractivity contribution in [2.24, 2.45) is 0 Å². The third-order valence-electron chi connectivity index (χ3n) is 4.58. The summed E-state index contributed by atoms with van der Waals surface area (Å²) in [7, 11) is 0. The van der Waals surface area contributed by atoms with Crippen LogP contribution in [0.25, 0.3) is 11.1 Å². The smallest absolute Gasteiger partial charge is 0.335 e. The molecule has 0 aromatic heterocycles. The van der Waals surface area contributed by atoms with Gasteiger partial charge in [-0.2, -0.15) is 0 Å². The number of hydrogen-bond acceptors (Lipinski definition) is 1. The molecule has 0 amide bonds. The van der Waals surface area contributed by atoms with Gasteiger partial charge in [0.2, 0.25) is 0 Å². The Hall–Kier alpha value is -2.09. The van der Waals surface area contributed by atoms with Crippen molar-refractivity contribution in [3.05, 3.63) is 58.7 Å². The molecule has 1 N–H and O–H groups in total.